The van der Waals surface area contributed by atoms with Crippen molar-refractivity contribution >= 4 is 33.2 Å². The summed E-state index contributed by atoms with van der Waals surface area (Å²) in [7, 11) is -3.79. The molecule has 29 heavy (non-hydrogen) atoms. The Hall–Kier alpha value is -2.78. The lowest BCUT2D eigenvalue weighted by Crippen LogP contribution is -2.28. The van der Waals surface area contributed by atoms with Gasteiger partial charge in [-0.25, -0.2) is 17.5 Å². The fourth-order valence-electron chi connectivity index (χ4n) is 3.15. The molecule has 2 aromatic rings. The molecule has 0 atom stereocenters. The van der Waals surface area contributed by atoms with Gasteiger partial charge >= 0.3 is 0 Å². The Morgan fingerprint density at radius 2 is 1.93 bits per heavy atom. The third kappa shape index (κ3) is 4.80. The van der Waals surface area contributed by atoms with E-state index in [1.165, 1.54) is 19.1 Å². The maximum absolute atomic E-state index is 13.5. The summed E-state index contributed by atoms with van der Waals surface area (Å²) in [6.45, 7) is 3.52. The fraction of sp³-hybridized carbons (Fsp3) is 0.300. The number of nitrogens with one attached hydrogen (secondary N) is 2. The quantitative estimate of drug-likeness (QED) is 0.751. The van der Waals surface area contributed by atoms with Crippen LogP contribution in [-0.4, -0.2) is 33.3 Å². The van der Waals surface area contributed by atoms with E-state index in [0.29, 0.717) is 24.2 Å². The maximum Gasteiger partial charge on any atom is 0.240 e. The predicted molar refractivity (Wildman–Crippen MR) is 108 cm³/mol. The van der Waals surface area contributed by atoms with Crippen molar-refractivity contribution in [3.63, 3.8) is 0 Å². The van der Waals surface area contributed by atoms with Crippen molar-refractivity contribution in [1.29, 1.82) is 0 Å². The highest BCUT2D eigenvalue weighted by Crippen LogP contribution is 2.30. The number of aryl methyl sites for hydroxylation is 1. The molecular formula is C20H22FN3O4S. The highest BCUT2D eigenvalue weighted by Gasteiger charge is 2.24. The number of sulfonamides is 1. The van der Waals surface area contributed by atoms with Crippen LogP contribution in [0.5, 0.6) is 0 Å². The van der Waals surface area contributed by atoms with Crippen molar-refractivity contribution in [2.24, 2.45) is 0 Å². The largest absolute Gasteiger partial charge is 0.326 e. The first-order valence-corrected chi connectivity index (χ1v) is 10.6. The summed E-state index contributed by atoms with van der Waals surface area (Å²) >= 11 is 0. The van der Waals surface area contributed by atoms with Crippen molar-refractivity contribution < 1.29 is 22.4 Å². The van der Waals surface area contributed by atoms with Crippen LogP contribution in [0, 0.1) is 12.7 Å². The van der Waals surface area contributed by atoms with Gasteiger partial charge in [-0.3, -0.25) is 9.59 Å². The van der Waals surface area contributed by atoms with Crippen LogP contribution in [0.4, 0.5) is 15.8 Å². The number of hydrogen-bond acceptors (Lipinski definition) is 4. The number of nitrogens with zero attached hydrogens (tertiary/aromatic N) is 1. The molecule has 1 aliphatic heterocycles. The summed E-state index contributed by atoms with van der Waals surface area (Å²) in [5.74, 6) is -0.942. The molecule has 0 unspecified atom stereocenters. The van der Waals surface area contributed by atoms with Gasteiger partial charge in [-0.15, -0.1) is 0 Å². The molecular weight excluding hydrogens is 397 g/mol. The normalized spacial score (nSPS) is 13.3. The number of carbonyl (C=O) groups excluding carboxylic acids is 2. The molecule has 0 saturated heterocycles. The minimum Gasteiger partial charge on any atom is -0.326 e. The van der Waals surface area contributed by atoms with E-state index in [0.717, 1.165) is 11.3 Å². The van der Waals surface area contributed by atoms with E-state index < -0.39 is 21.7 Å². The molecule has 7 nitrogen and oxygen atoms in total. The van der Waals surface area contributed by atoms with Gasteiger partial charge in [0.05, 0.1) is 4.90 Å². The molecule has 0 aliphatic carbocycles. The van der Waals surface area contributed by atoms with Gasteiger partial charge in [0.2, 0.25) is 21.8 Å². The van der Waals surface area contributed by atoms with Crippen LogP contribution in [0.1, 0.15) is 24.5 Å². The zero-order chi connectivity index (χ0) is 21.2. The number of anilines is 2. The molecule has 9 heteroatoms. The fourth-order valence-corrected chi connectivity index (χ4v) is 4.23. The monoisotopic (exact) mass is 419 g/mol. The van der Waals surface area contributed by atoms with Gasteiger partial charge in [-0.05, 0) is 54.8 Å². The molecule has 1 heterocycles. The Labute approximate surface area is 169 Å². The molecule has 0 spiro atoms. The van der Waals surface area contributed by atoms with E-state index >= 15 is 0 Å². The van der Waals surface area contributed by atoms with Gasteiger partial charge in [-0.2, -0.15) is 0 Å². The van der Waals surface area contributed by atoms with Crippen LogP contribution in [0.2, 0.25) is 0 Å². The molecule has 0 saturated carbocycles. The van der Waals surface area contributed by atoms with Gasteiger partial charge in [0, 0.05) is 37.8 Å². The molecule has 2 N–H and O–H groups in total. The molecule has 3 rings (SSSR count). The Morgan fingerprint density at radius 3 is 2.62 bits per heavy atom. The van der Waals surface area contributed by atoms with Crippen LogP contribution in [0.25, 0.3) is 0 Å². The van der Waals surface area contributed by atoms with E-state index in [1.807, 2.05) is 0 Å². The Morgan fingerprint density at radius 1 is 1.17 bits per heavy atom. The summed E-state index contributed by atoms with van der Waals surface area (Å²) in [6.07, 6.45) is 0.492. The third-order valence-corrected chi connectivity index (χ3v) is 6.20. The average Bonchev–Trinajstić information content (AvgIpc) is 3.08. The molecule has 2 amide bonds. The van der Waals surface area contributed by atoms with E-state index in [2.05, 4.69) is 10.0 Å². The van der Waals surface area contributed by atoms with Gasteiger partial charge in [0.25, 0.3) is 0 Å². The van der Waals surface area contributed by atoms with Crippen molar-refractivity contribution in [2.75, 3.05) is 23.3 Å². The summed E-state index contributed by atoms with van der Waals surface area (Å²) in [4.78, 5) is 25.3. The summed E-state index contributed by atoms with van der Waals surface area (Å²) in [6, 6.07) is 8.96. The number of benzene rings is 2. The van der Waals surface area contributed by atoms with Gasteiger partial charge in [0.15, 0.2) is 0 Å². The first-order chi connectivity index (χ1) is 13.7. The lowest BCUT2D eigenvalue weighted by Gasteiger charge is -2.15. The summed E-state index contributed by atoms with van der Waals surface area (Å²) < 4.78 is 40.9. The predicted octanol–water partition coefficient (Wildman–Crippen LogP) is 2.35. The van der Waals surface area contributed by atoms with Crippen molar-refractivity contribution in [3.8, 4) is 0 Å². The van der Waals surface area contributed by atoms with E-state index in [-0.39, 0.29) is 23.8 Å². The molecule has 154 valence electrons. The topological polar surface area (TPSA) is 95.6 Å². The van der Waals surface area contributed by atoms with Gasteiger partial charge < -0.3 is 10.2 Å². The second kappa shape index (κ2) is 8.30. The standard InChI is InChI=1S/C20H22FN3O4S/c1-13-3-4-16(12-18(13)21)23-20(26)7-9-22-29(27,28)17-5-6-19-15(11-17)8-10-24(19)14(2)25/h3-6,11-12,22H,7-10H2,1-2H3,(H,23,26). The Bertz CT molecular complexity index is 1070. The molecule has 0 fully saturated rings. The zero-order valence-electron chi connectivity index (χ0n) is 16.2. The smallest absolute Gasteiger partial charge is 0.240 e. The Balaban J connectivity index is 1.58. The number of carbonyl (C=O) groups is 2. The van der Waals surface area contributed by atoms with Crippen molar-refractivity contribution in [2.45, 2.75) is 31.6 Å². The second-order valence-electron chi connectivity index (χ2n) is 6.87. The summed E-state index contributed by atoms with van der Waals surface area (Å²) in [5.41, 5.74) is 2.30. The minimum atomic E-state index is -3.79. The number of fused-ring (bicyclic) bond motifs is 1. The van der Waals surface area contributed by atoms with Crippen molar-refractivity contribution in [3.05, 3.63) is 53.3 Å². The summed E-state index contributed by atoms with van der Waals surface area (Å²) in [5, 5.41) is 2.53. The minimum absolute atomic E-state index is 0.0858. The number of rotatable bonds is 6. The van der Waals surface area contributed by atoms with Gasteiger partial charge in [-0.1, -0.05) is 6.07 Å². The van der Waals surface area contributed by atoms with Crippen LogP contribution in [0.3, 0.4) is 0 Å². The van der Waals surface area contributed by atoms with E-state index in [4.69, 9.17) is 0 Å². The first kappa shape index (κ1) is 20.9. The Kier molecular flexibility index (Phi) is 5.99. The SMILES string of the molecule is CC(=O)N1CCc2cc(S(=O)(=O)NCCC(=O)Nc3ccc(C)c(F)c3)ccc21. The number of hydrogen-bond donors (Lipinski definition) is 2. The zero-order valence-corrected chi connectivity index (χ0v) is 17.0. The highest BCUT2D eigenvalue weighted by atomic mass is 32.2. The lowest BCUT2D eigenvalue weighted by molar-refractivity contribution is -0.117. The van der Waals surface area contributed by atoms with E-state index in [1.54, 1.807) is 36.1 Å². The molecule has 0 aromatic heterocycles. The molecule has 0 radical (unpaired) electrons. The third-order valence-electron chi connectivity index (χ3n) is 4.74. The van der Waals surface area contributed by atoms with Crippen LogP contribution < -0.4 is 14.9 Å². The van der Waals surface area contributed by atoms with Crippen LogP contribution in [0.15, 0.2) is 41.3 Å². The molecule has 2 aromatic carbocycles. The van der Waals surface area contributed by atoms with Crippen molar-refractivity contribution in [1.82, 2.24) is 4.72 Å². The molecule has 0 bridgehead atoms. The average molecular weight is 419 g/mol. The molecule has 1 aliphatic rings. The van der Waals surface area contributed by atoms with Gasteiger partial charge in [0.1, 0.15) is 5.82 Å². The number of amides is 2. The van der Waals surface area contributed by atoms with Crippen LogP contribution in [-0.2, 0) is 26.0 Å². The van der Waals surface area contributed by atoms with Crippen LogP contribution >= 0.6 is 0 Å². The maximum atomic E-state index is 13.5. The van der Waals surface area contributed by atoms with E-state index in [9.17, 15) is 22.4 Å². The number of halogens is 1. The lowest BCUT2D eigenvalue weighted by atomic mass is 10.2. The highest BCUT2D eigenvalue weighted by molar-refractivity contribution is 7.89. The second-order valence-corrected chi connectivity index (χ2v) is 8.64. The first-order valence-electron chi connectivity index (χ1n) is 9.14.